The number of rotatable bonds is 8. The number of ether oxygens (including phenoxy) is 2. The molecule has 0 atom stereocenters. The highest BCUT2D eigenvalue weighted by Gasteiger charge is 2.11. The summed E-state index contributed by atoms with van der Waals surface area (Å²) in [7, 11) is 1.62. The van der Waals surface area contributed by atoms with E-state index in [2.05, 4.69) is 15.5 Å². The van der Waals surface area contributed by atoms with Crippen molar-refractivity contribution in [1.82, 2.24) is 14.8 Å². The van der Waals surface area contributed by atoms with E-state index in [0.717, 1.165) is 17.1 Å². The van der Waals surface area contributed by atoms with Crippen LogP contribution in [0.2, 0.25) is 0 Å². The lowest BCUT2D eigenvalue weighted by atomic mass is 10.2. The molecule has 1 amide bonds. The smallest absolute Gasteiger partial charge is 0.226 e. The number of H-pyrrole nitrogens is 1. The lowest BCUT2D eigenvalue weighted by Gasteiger charge is -2.10. The average molecular weight is 447 g/mol. The lowest BCUT2D eigenvalue weighted by molar-refractivity contribution is -0.116. The zero-order valence-corrected chi connectivity index (χ0v) is 18.3. The minimum atomic E-state index is -0.120. The van der Waals surface area contributed by atoms with E-state index >= 15 is 0 Å². The highest BCUT2D eigenvalue weighted by molar-refractivity contribution is 7.71. The first-order valence-corrected chi connectivity index (χ1v) is 10.5. The van der Waals surface area contributed by atoms with Gasteiger partial charge in [0.05, 0.1) is 7.11 Å². The number of anilines is 1. The van der Waals surface area contributed by atoms with Crippen molar-refractivity contribution in [2.75, 3.05) is 12.4 Å². The minimum absolute atomic E-state index is 0.120. The van der Waals surface area contributed by atoms with Gasteiger partial charge in [0.2, 0.25) is 5.91 Å². The molecule has 1 heterocycles. The fourth-order valence-corrected chi connectivity index (χ4v) is 3.38. The van der Waals surface area contributed by atoms with Crippen LogP contribution in [-0.4, -0.2) is 27.8 Å². The van der Waals surface area contributed by atoms with Gasteiger partial charge in [0.1, 0.15) is 17.2 Å². The number of carbonyl (C=O) groups excluding carboxylic acids is 1. The number of aromatic nitrogens is 3. The topological polar surface area (TPSA) is 81.2 Å². The summed E-state index contributed by atoms with van der Waals surface area (Å²) < 4.78 is 13.2. The molecule has 0 aliphatic heterocycles. The summed E-state index contributed by atoms with van der Waals surface area (Å²) in [5, 5.41) is 10.0. The number of aromatic amines is 1. The number of nitrogens with one attached hydrogen (secondary N) is 2. The van der Waals surface area contributed by atoms with Crippen molar-refractivity contribution in [3.63, 3.8) is 0 Å². The van der Waals surface area contributed by atoms with E-state index in [-0.39, 0.29) is 12.3 Å². The molecular weight excluding hydrogens is 424 g/mol. The van der Waals surface area contributed by atoms with Gasteiger partial charge in [-0.05, 0) is 72.9 Å². The van der Waals surface area contributed by atoms with Crippen molar-refractivity contribution in [3.05, 3.63) is 83.6 Å². The lowest BCUT2D eigenvalue weighted by Crippen LogP contribution is -2.15. The van der Waals surface area contributed by atoms with Gasteiger partial charge in [-0.3, -0.25) is 14.5 Å². The van der Waals surface area contributed by atoms with Gasteiger partial charge < -0.3 is 14.8 Å². The molecule has 4 aromatic rings. The van der Waals surface area contributed by atoms with E-state index in [1.54, 1.807) is 7.11 Å². The van der Waals surface area contributed by atoms with Crippen molar-refractivity contribution >= 4 is 23.8 Å². The highest BCUT2D eigenvalue weighted by atomic mass is 32.1. The third kappa shape index (κ3) is 5.22. The largest absolute Gasteiger partial charge is 0.497 e. The Balaban J connectivity index is 1.36. The molecule has 4 rings (SSSR count). The third-order valence-corrected chi connectivity index (χ3v) is 5.10. The van der Waals surface area contributed by atoms with Crippen LogP contribution in [0.15, 0.2) is 78.9 Å². The van der Waals surface area contributed by atoms with E-state index < -0.39 is 0 Å². The van der Waals surface area contributed by atoms with Crippen molar-refractivity contribution in [2.24, 2.45) is 0 Å². The van der Waals surface area contributed by atoms with Gasteiger partial charge in [0.25, 0.3) is 0 Å². The van der Waals surface area contributed by atoms with Gasteiger partial charge in [0, 0.05) is 24.2 Å². The summed E-state index contributed by atoms with van der Waals surface area (Å²) >= 11 is 5.35. The summed E-state index contributed by atoms with van der Waals surface area (Å²) in [4.78, 5) is 12.5. The third-order valence-electron chi connectivity index (χ3n) is 4.79. The van der Waals surface area contributed by atoms with Crippen LogP contribution in [0.3, 0.4) is 0 Å². The van der Waals surface area contributed by atoms with E-state index in [1.165, 1.54) is 0 Å². The molecule has 0 aliphatic rings. The van der Waals surface area contributed by atoms with Crippen LogP contribution in [0, 0.1) is 4.77 Å². The molecular formula is C24H22N4O3S. The maximum Gasteiger partial charge on any atom is 0.226 e. The first-order chi connectivity index (χ1) is 15.6. The molecule has 162 valence electrons. The molecule has 8 heteroatoms. The molecule has 0 saturated heterocycles. The molecule has 0 saturated carbocycles. The number of nitrogens with zero attached hydrogens (tertiary/aromatic N) is 2. The van der Waals surface area contributed by atoms with Gasteiger partial charge in [-0.15, -0.1) is 0 Å². The van der Waals surface area contributed by atoms with Gasteiger partial charge >= 0.3 is 0 Å². The zero-order valence-electron chi connectivity index (χ0n) is 17.4. The van der Waals surface area contributed by atoms with Gasteiger partial charge in [-0.25, -0.2) is 0 Å². The maximum atomic E-state index is 12.5. The Hall–Kier alpha value is -3.91. The highest BCUT2D eigenvalue weighted by Crippen LogP contribution is 2.23. The second-order valence-corrected chi connectivity index (χ2v) is 7.36. The predicted octanol–water partition coefficient (Wildman–Crippen LogP) is 5.44. The van der Waals surface area contributed by atoms with Gasteiger partial charge in [0.15, 0.2) is 10.6 Å². The van der Waals surface area contributed by atoms with E-state index in [4.69, 9.17) is 21.7 Å². The van der Waals surface area contributed by atoms with Crippen molar-refractivity contribution in [3.8, 4) is 28.6 Å². The Labute approximate surface area is 190 Å². The van der Waals surface area contributed by atoms with E-state index in [0.29, 0.717) is 28.6 Å². The Morgan fingerprint density at radius 1 is 0.969 bits per heavy atom. The zero-order chi connectivity index (χ0) is 22.3. The van der Waals surface area contributed by atoms with Crippen LogP contribution < -0.4 is 14.8 Å². The number of hydrogen-bond acceptors (Lipinski definition) is 5. The fraction of sp³-hybridized carbons (Fsp3) is 0.125. The van der Waals surface area contributed by atoms with Crippen molar-refractivity contribution in [1.29, 1.82) is 0 Å². The molecule has 1 aromatic heterocycles. The van der Waals surface area contributed by atoms with Gasteiger partial charge in [-0.1, -0.05) is 18.2 Å². The first kappa shape index (κ1) is 21.3. The summed E-state index contributed by atoms with van der Waals surface area (Å²) in [6.45, 7) is 0.401. The standard InChI is InChI=1S/C24H22N4O3S/c1-30-19-11-7-17(8-12-19)23-26-27-24(32)28(23)16-15-22(29)25-18-9-13-21(14-10-18)31-20-5-3-2-4-6-20/h2-14H,15-16H2,1H3,(H,25,29)(H,27,32). The second kappa shape index (κ2) is 9.93. The number of carbonyl (C=O) groups is 1. The molecule has 7 nitrogen and oxygen atoms in total. The molecule has 0 fully saturated rings. The van der Waals surface area contributed by atoms with Crippen LogP contribution in [0.5, 0.6) is 17.2 Å². The van der Waals surface area contributed by atoms with Crippen molar-refractivity contribution in [2.45, 2.75) is 13.0 Å². The maximum absolute atomic E-state index is 12.5. The van der Waals surface area contributed by atoms with E-state index in [9.17, 15) is 4.79 Å². The van der Waals surface area contributed by atoms with Crippen LogP contribution in [0.4, 0.5) is 5.69 Å². The number of hydrogen-bond donors (Lipinski definition) is 2. The first-order valence-electron chi connectivity index (χ1n) is 10.0. The molecule has 0 spiro atoms. The molecule has 0 bridgehead atoms. The van der Waals surface area contributed by atoms with Gasteiger partial charge in [-0.2, -0.15) is 5.10 Å². The molecule has 32 heavy (non-hydrogen) atoms. The van der Waals surface area contributed by atoms with Crippen molar-refractivity contribution < 1.29 is 14.3 Å². The summed E-state index contributed by atoms with van der Waals surface area (Å²) in [5.41, 5.74) is 1.58. The normalized spacial score (nSPS) is 10.5. The Kier molecular flexibility index (Phi) is 6.62. The monoisotopic (exact) mass is 446 g/mol. The number of methoxy groups -OCH3 is 1. The van der Waals surface area contributed by atoms with Crippen LogP contribution in [0.25, 0.3) is 11.4 Å². The molecule has 2 N–H and O–H groups in total. The summed E-state index contributed by atoms with van der Waals surface area (Å²) in [6.07, 6.45) is 0.249. The summed E-state index contributed by atoms with van der Waals surface area (Å²) in [6, 6.07) is 24.3. The Morgan fingerprint density at radius 2 is 1.62 bits per heavy atom. The van der Waals surface area contributed by atoms with Crippen LogP contribution in [-0.2, 0) is 11.3 Å². The minimum Gasteiger partial charge on any atom is -0.497 e. The molecule has 0 aliphatic carbocycles. The number of amides is 1. The Bertz CT molecular complexity index is 1230. The predicted molar refractivity (Wildman–Crippen MR) is 126 cm³/mol. The molecule has 0 unspecified atom stereocenters. The Morgan fingerprint density at radius 3 is 2.31 bits per heavy atom. The SMILES string of the molecule is COc1ccc(-c2n[nH]c(=S)n2CCC(=O)Nc2ccc(Oc3ccccc3)cc2)cc1. The summed E-state index contributed by atoms with van der Waals surface area (Å²) in [5.74, 6) is 2.77. The van der Waals surface area contributed by atoms with E-state index in [1.807, 2.05) is 83.4 Å². The molecule has 0 radical (unpaired) electrons. The number of benzene rings is 3. The average Bonchev–Trinajstić information content (AvgIpc) is 3.20. The fourth-order valence-electron chi connectivity index (χ4n) is 3.15. The number of para-hydroxylation sites is 1. The molecule has 3 aromatic carbocycles. The quantitative estimate of drug-likeness (QED) is 0.352. The van der Waals surface area contributed by atoms with Crippen LogP contribution >= 0.6 is 12.2 Å². The van der Waals surface area contributed by atoms with Crippen LogP contribution in [0.1, 0.15) is 6.42 Å². The second-order valence-electron chi connectivity index (χ2n) is 6.97.